The van der Waals surface area contributed by atoms with Crippen LogP contribution in [0.15, 0.2) is 63.1 Å². The third kappa shape index (κ3) is 4.62. The Kier molecular flexibility index (Phi) is 6.11. The molecule has 1 aliphatic heterocycles. The Labute approximate surface area is 195 Å². The maximum Gasteiger partial charge on any atom is 0.277 e. The summed E-state index contributed by atoms with van der Waals surface area (Å²) in [5.74, 6) is 0.786. The predicted octanol–water partition coefficient (Wildman–Crippen LogP) is 3.30. The van der Waals surface area contributed by atoms with E-state index < -0.39 is 10.0 Å². The van der Waals surface area contributed by atoms with E-state index in [2.05, 4.69) is 20.2 Å². The molecule has 0 bridgehead atoms. The van der Waals surface area contributed by atoms with E-state index in [-0.39, 0.29) is 10.8 Å². The molecule has 11 heteroatoms. The average Bonchev–Trinajstić information content (AvgIpc) is 3.32. The molecule has 4 aromatic rings. The van der Waals surface area contributed by atoms with Crippen molar-refractivity contribution in [1.29, 1.82) is 0 Å². The average molecular weight is 484 g/mol. The van der Waals surface area contributed by atoms with Crippen molar-refractivity contribution in [2.24, 2.45) is 0 Å². The molecule has 0 radical (unpaired) electrons. The van der Waals surface area contributed by atoms with Crippen LogP contribution >= 0.6 is 11.8 Å². The first-order chi connectivity index (χ1) is 16.0. The highest BCUT2D eigenvalue weighted by molar-refractivity contribution is 7.98. The van der Waals surface area contributed by atoms with Gasteiger partial charge in [-0.3, -0.25) is 0 Å². The molecule has 0 N–H and O–H groups in total. The van der Waals surface area contributed by atoms with Gasteiger partial charge in [-0.2, -0.15) is 4.31 Å². The molecule has 9 nitrogen and oxygen atoms in total. The van der Waals surface area contributed by atoms with Crippen LogP contribution in [0.3, 0.4) is 0 Å². The van der Waals surface area contributed by atoms with Crippen LogP contribution in [0.4, 0.5) is 0 Å². The highest BCUT2D eigenvalue weighted by Crippen LogP contribution is 2.28. The molecule has 1 saturated heterocycles. The fourth-order valence-electron chi connectivity index (χ4n) is 3.50. The van der Waals surface area contributed by atoms with Crippen LogP contribution in [0, 0.1) is 6.92 Å². The number of morpholine rings is 1. The lowest BCUT2D eigenvalue weighted by atomic mass is 10.2. The van der Waals surface area contributed by atoms with E-state index in [0.29, 0.717) is 42.8 Å². The van der Waals surface area contributed by atoms with Crippen LogP contribution in [0.1, 0.15) is 11.4 Å². The van der Waals surface area contributed by atoms with Gasteiger partial charge in [0.25, 0.3) is 5.22 Å². The molecule has 0 amide bonds. The van der Waals surface area contributed by atoms with Gasteiger partial charge < -0.3 is 9.15 Å². The molecule has 0 saturated carbocycles. The van der Waals surface area contributed by atoms with Gasteiger partial charge in [-0.25, -0.2) is 18.4 Å². The summed E-state index contributed by atoms with van der Waals surface area (Å²) in [6, 6.07) is 14.3. The number of benzene rings is 2. The monoisotopic (exact) mass is 483 g/mol. The van der Waals surface area contributed by atoms with E-state index in [0.717, 1.165) is 22.4 Å². The topological polar surface area (TPSA) is 111 Å². The van der Waals surface area contributed by atoms with Crippen LogP contribution in [-0.4, -0.2) is 59.2 Å². The van der Waals surface area contributed by atoms with Gasteiger partial charge >= 0.3 is 0 Å². The lowest BCUT2D eigenvalue weighted by molar-refractivity contribution is 0.0730. The minimum absolute atomic E-state index is 0.191. The summed E-state index contributed by atoms with van der Waals surface area (Å²) in [6.07, 6.45) is 0. The lowest BCUT2D eigenvalue weighted by Gasteiger charge is -2.26. The quantitative estimate of drug-likeness (QED) is 0.381. The summed E-state index contributed by atoms with van der Waals surface area (Å²) >= 11 is 1.36. The Balaban J connectivity index is 1.33. The smallest absolute Gasteiger partial charge is 0.277 e. The zero-order valence-corrected chi connectivity index (χ0v) is 19.5. The number of hydrogen-bond donors (Lipinski definition) is 0. The van der Waals surface area contributed by atoms with Crippen molar-refractivity contribution in [1.82, 2.24) is 24.5 Å². The summed E-state index contributed by atoms with van der Waals surface area (Å²) in [6.45, 7) is 3.39. The second-order valence-electron chi connectivity index (χ2n) is 7.45. The van der Waals surface area contributed by atoms with Crippen LogP contribution in [-0.2, 0) is 20.5 Å². The summed E-state index contributed by atoms with van der Waals surface area (Å²) in [5, 5.41) is 8.58. The normalized spacial score (nSPS) is 15.2. The number of ether oxygens (including phenoxy) is 1. The number of para-hydroxylation sites is 2. The summed E-state index contributed by atoms with van der Waals surface area (Å²) < 4.78 is 38.4. The molecule has 1 aliphatic rings. The molecule has 3 heterocycles. The molecular formula is C22H21N5O4S2. The number of aromatic nitrogens is 4. The number of hydrogen-bond acceptors (Lipinski definition) is 9. The number of aryl methyl sites for hydroxylation is 1. The lowest BCUT2D eigenvalue weighted by Crippen LogP contribution is -2.40. The number of nitrogens with zero attached hydrogens (tertiary/aromatic N) is 5. The fraction of sp³-hybridized carbons (Fsp3) is 0.273. The molecule has 33 heavy (non-hydrogen) atoms. The molecular weight excluding hydrogens is 462 g/mol. The van der Waals surface area contributed by atoms with Gasteiger partial charge in [-0.15, -0.1) is 10.2 Å². The molecule has 1 fully saturated rings. The van der Waals surface area contributed by atoms with Crippen molar-refractivity contribution in [3.05, 3.63) is 59.9 Å². The van der Waals surface area contributed by atoms with Crippen molar-refractivity contribution in [2.75, 3.05) is 26.3 Å². The van der Waals surface area contributed by atoms with E-state index in [1.54, 1.807) is 24.3 Å². The van der Waals surface area contributed by atoms with Gasteiger partial charge in [0.05, 0.1) is 40.5 Å². The molecule has 0 aliphatic carbocycles. The first-order valence-corrected chi connectivity index (χ1v) is 12.8. The van der Waals surface area contributed by atoms with E-state index in [1.807, 2.05) is 31.2 Å². The predicted molar refractivity (Wildman–Crippen MR) is 123 cm³/mol. The molecule has 170 valence electrons. The Bertz CT molecular complexity index is 1400. The first-order valence-electron chi connectivity index (χ1n) is 10.4. The summed E-state index contributed by atoms with van der Waals surface area (Å²) in [5.41, 5.74) is 3.93. The minimum atomic E-state index is -3.61. The number of sulfonamides is 1. The maximum atomic E-state index is 12.9. The van der Waals surface area contributed by atoms with Gasteiger partial charge in [0.15, 0.2) is 0 Å². The third-order valence-electron chi connectivity index (χ3n) is 5.27. The standard InChI is InChI=1S/C22H21N5O4S2/c1-15-20(24-19-8-3-2-7-18(19)23-15)14-32-22-26-25-21(31-22)16-5-4-6-17(13-16)33(28,29)27-9-11-30-12-10-27/h2-8,13H,9-12,14H2,1H3. The van der Waals surface area contributed by atoms with Gasteiger partial charge in [-0.1, -0.05) is 30.0 Å². The zero-order chi connectivity index (χ0) is 22.8. The zero-order valence-electron chi connectivity index (χ0n) is 17.8. The third-order valence-corrected chi connectivity index (χ3v) is 7.99. The Morgan fingerprint density at radius 3 is 2.55 bits per heavy atom. The van der Waals surface area contributed by atoms with Gasteiger partial charge in [0.2, 0.25) is 15.9 Å². The van der Waals surface area contributed by atoms with Crippen molar-refractivity contribution in [3.8, 4) is 11.5 Å². The molecule has 5 rings (SSSR count). The van der Waals surface area contributed by atoms with Gasteiger partial charge in [0, 0.05) is 24.4 Å². The highest BCUT2D eigenvalue weighted by atomic mass is 32.2. The van der Waals surface area contributed by atoms with Crippen LogP contribution in [0.2, 0.25) is 0 Å². The van der Waals surface area contributed by atoms with Gasteiger partial charge in [-0.05, 0) is 37.3 Å². The van der Waals surface area contributed by atoms with Crippen molar-refractivity contribution >= 4 is 32.8 Å². The van der Waals surface area contributed by atoms with Crippen molar-refractivity contribution < 1.29 is 17.6 Å². The highest BCUT2D eigenvalue weighted by Gasteiger charge is 2.27. The minimum Gasteiger partial charge on any atom is -0.411 e. The SMILES string of the molecule is Cc1nc2ccccc2nc1CSc1nnc(-c2cccc(S(=O)(=O)N3CCOCC3)c2)o1. The largest absolute Gasteiger partial charge is 0.411 e. The molecule has 0 spiro atoms. The van der Waals surface area contributed by atoms with E-state index >= 15 is 0 Å². The van der Waals surface area contributed by atoms with Crippen molar-refractivity contribution in [2.45, 2.75) is 22.8 Å². The summed E-state index contributed by atoms with van der Waals surface area (Å²) in [4.78, 5) is 9.48. The van der Waals surface area contributed by atoms with Crippen LogP contribution < -0.4 is 0 Å². The second-order valence-corrected chi connectivity index (χ2v) is 10.3. The molecule has 2 aromatic heterocycles. The number of rotatable bonds is 6. The van der Waals surface area contributed by atoms with E-state index in [9.17, 15) is 8.42 Å². The van der Waals surface area contributed by atoms with E-state index in [4.69, 9.17) is 9.15 Å². The first kappa shape index (κ1) is 22.0. The second kappa shape index (κ2) is 9.18. The number of fused-ring (bicyclic) bond motifs is 1. The van der Waals surface area contributed by atoms with Crippen LogP contribution in [0.5, 0.6) is 0 Å². The van der Waals surface area contributed by atoms with Gasteiger partial charge in [0.1, 0.15) is 0 Å². The van der Waals surface area contributed by atoms with Crippen LogP contribution in [0.25, 0.3) is 22.5 Å². The Morgan fingerprint density at radius 1 is 1.00 bits per heavy atom. The summed E-state index contributed by atoms with van der Waals surface area (Å²) in [7, 11) is -3.61. The maximum absolute atomic E-state index is 12.9. The van der Waals surface area contributed by atoms with Crippen molar-refractivity contribution in [3.63, 3.8) is 0 Å². The fourth-order valence-corrected chi connectivity index (χ4v) is 5.73. The molecule has 2 aromatic carbocycles. The molecule has 0 unspecified atom stereocenters. The van der Waals surface area contributed by atoms with E-state index in [1.165, 1.54) is 16.1 Å². The Hall–Kier alpha value is -2.86. The Morgan fingerprint density at radius 2 is 1.76 bits per heavy atom. The number of thioether (sulfide) groups is 1. The molecule has 0 atom stereocenters.